The minimum Gasteiger partial charge on any atom is -0.507 e. The summed E-state index contributed by atoms with van der Waals surface area (Å²) in [5.74, 6) is 1.06. The van der Waals surface area contributed by atoms with Crippen LogP contribution in [0.5, 0.6) is 5.75 Å². The Morgan fingerprint density at radius 2 is 1.66 bits per heavy atom. The Morgan fingerprint density at radius 3 is 2.39 bits per heavy atom. The highest BCUT2D eigenvalue weighted by atomic mass is 32.1. The largest absolute Gasteiger partial charge is 0.507 e. The first-order valence-electron chi connectivity index (χ1n) is 25.3. The molecule has 5 N–H and O–H groups in total. The highest BCUT2D eigenvalue weighted by Crippen LogP contribution is 2.38. The molecule has 3 amide bonds. The fraction of sp³-hybridized carbons (Fsp3) is 0.509. The van der Waals surface area contributed by atoms with Crippen LogP contribution in [0.4, 0.5) is 17.5 Å². The number of likely N-dealkylation sites (tertiary alicyclic amines) is 2. The second-order valence-electron chi connectivity index (χ2n) is 21.1. The van der Waals surface area contributed by atoms with Gasteiger partial charge in [-0.3, -0.25) is 14.4 Å². The number of nitrogens with one attached hydrogen (secondary N) is 3. The van der Waals surface area contributed by atoms with Crippen molar-refractivity contribution in [3.63, 3.8) is 0 Å². The highest BCUT2D eigenvalue weighted by Gasteiger charge is 2.45. The lowest BCUT2D eigenvalue weighted by Crippen LogP contribution is -2.58. The van der Waals surface area contributed by atoms with Gasteiger partial charge >= 0.3 is 0 Å². The zero-order chi connectivity index (χ0) is 49.4. The van der Waals surface area contributed by atoms with E-state index in [9.17, 15) is 24.6 Å². The Kier molecular flexibility index (Phi) is 14.0. The molecular formula is C53H66N12O5S. The molecule has 1 saturated carbocycles. The van der Waals surface area contributed by atoms with Crippen LogP contribution in [-0.4, -0.2) is 139 Å². The lowest BCUT2D eigenvalue weighted by molar-refractivity contribution is -0.144. The van der Waals surface area contributed by atoms with Gasteiger partial charge in [-0.15, -0.1) is 21.5 Å². The van der Waals surface area contributed by atoms with E-state index >= 15 is 0 Å². The smallest absolute Gasteiger partial charge is 0.246 e. The number of phenols is 1. The van der Waals surface area contributed by atoms with Crippen molar-refractivity contribution in [1.29, 1.82) is 0 Å². The van der Waals surface area contributed by atoms with Crippen LogP contribution in [0.15, 0.2) is 72.4 Å². The Labute approximate surface area is 419 Å². The summed E-state index contributed by atoms with van der Waals surface area (Å²) in [4.78, 5) is 66.1. The number of aliphatic hydroxyl groups is 1. The maximum Gasteiger partial charge on any atom is 0.246 e. The monoisotopic (exact) mass is 982 g/mol. The molecular weight excluding hydrogens is 917 g/mol. The highest BCUT2D eigenvalue weighted by molar-refractivity contribution is 7.13. The Bertz CT molecular complexity index is 2710. The van der Waals surface area contributed by atoms with Crippen molar-refractivity contribution in [2.45, 2.75) is 115 Å². The molecule has 4 fully saturated rings. The topological polar surface area (TPSA) is 205 Å². The van der Waals surface area contributed by atoms with Crippen LogP contribution in [0.3, 0.4) is 0 Å². The lowest BCUT2D eigenvalue weighted by atomic mass is 9.81. The number of piperazine rings is 1. The average molecular weight is 983 g/mol. The van der Waals surface area contributed by atoms with Crippen molar-refractivity contribution in [2.75, 3.05) is 60.9 Å². The van der Waals surface area contributed by atoms with Crippen LogP contribution in [-0.2, 0) is 20.9 Å². The van der Waals surface area contributed by atoms with Gasteiger partial charge in [-0.2, -0.15) is 0 Å². The van der Waals surface area contributed by atoms with Crippen LogP contribution in [0, 0.1) is 18.3 Å². The fourth-order valence-corrected chi connectivity index (χ4v) is 12.1. The first-order chi connectivity index (χ1) is 34.3. The number of hydrogen-bond acceptors (Lipinski definition) is 15. The molecule has 374 valence electrons. The summed E-state index contributed by atoms with van der Waals surface area (Å²) in [7, 11) is 0. The zero-order valence-electron chi connectivity index (χ0n) is 41.1. The second kappa shape index (κ2) is 20.5. The van der Waals surface area contributed by atoms with E-state index in [4.69, 9.17) is 9.97 Å². The number of aryl methyl sites for hydroxylation is 1. The zero-order valence-corrected chi connectivity index (χ0v) is 41.9. The standard InChI is InChI=1S/C53H66N12O5S/c1-32-46(71-31-57-32)35-11-9-33(10-12-35)27-56-50(69)44-25-39(66)30-65(44)51(70)47(53(2,3)4)59-49(68)36-13-15-37(16-14-36)62-21-18-34(19-22-62)41-17-20-54-52(58-41)63-23-24-64-38(29-63)28-55-48-43(64)26-42(60-61-48)40-7-5-6-8-45(40)67/h5-12,17,20,26,31,34,36-39,44,47,66-67H,13-16,18-19,21-25,27-30H2,1-4H3,(H,55,61)(H,56,69)(H,59,68)/t36?,37?,38-,39+,44-,47+/m0/s1. The summed E-state index contributed by atoms with van der Waals surface area (Å²) in [6, 6.07) is 18.2. The number of carbonyl (C=O) groups excluding carboxylic acids is 3. The van der Waals surface area contributed by atoms with E-state index in [1.165, 1.54) is 4.90 Å². The molecule has 0 spiro atoms. The summed E-state index contributed by atoms with van der Waals surface area (Å²) < 4.78 is 0. The Hall–Kier alpha value is -6.24. The number of para-hydroxylation sites is 1. The van der Waals surface area contributed by atoms with Crippen molar-refractivity contribution in [3.05, 3.63) is 89.3 Å². The van der Waals surface area contributed by atoms with Gasteiger partial charge in [0.1, 0.15) is 17.8 Å². The van der Waals surface area contributed by atoms with E-state index in [1.54, 1.807) is 23.5 Å². The summed E-state index contributed by atoms with van der Waals surface area (Å²) in [5.41, 5.74) is 7.55. The summed E-state index contributed by atoms with van der Waals surface area (Å²) in [5, 5.41) is 39.7. The molecule has 17 nitrogen and oxygen atoms in total. The summed E-state index contributed by atoms with van der Waals surface area (Å²) in [6.45, 7) is 13.1. The van der Waals surface area contributed by atoms with Gasteiger partial charge in [-0.1, -0.05) is 57.2 Å². The van der Waals surface area contributed by atoms with E-state index in [2.05, 4.69) is 51.9 Å². The number of nitrogens with zero attached hydrogens (tertiary/aromatic N) is 9. The van der Waals surface area contributed by atoms with Gasteiger partial charge in [-0.25, -0.2) is 15.0 Å². The summed E-state index contributed by atoms with van der Waals surface area (Å²) >= 11 is 1.59. The molecule has 10 rings (SSSR count). The van der Waals surface area contributed by atoms with Crippen molar-refractivity contribution in [3.8, 4) is 27.4 Å². The molecule has 3 aromatic heterocycles. The minimum absolute atomic E-state index is 0.0373. The molecule has 0 radical (unpaired) electrons. The van der Waals surface area contributed by atoms with Crippen molar-refractivity contribution < 1.29 is 24.6 Å². The third-order valence-electron chi connectivity index (χ3n) is 15.4. The molecule has 18 heteroatoms. The van der Waals surface area contributed by atoms with Crippen LogP contribution < -0.4 is 25.8 Å². The quantitative estimate of drug-likeness (QED) is 0.107. The third-order valence-corrected chi connectivity index (χ3v) is 16.4. The van der Waals surface area contributed by atoms with Crippen molar-refractivity contribution in [1.82, 2.24) is 45.6 Å². The number of fused-ring (bicyclic) bond motifs is 3. The number of piperidine rings is 1. The van der Waals surface area contributed by atoms with Crippen LogP contribution in [0.1, 0.15) is 88.6 Å². The van der Waals surface area contributed by atoms with E-state index < -0.39 is 23.6 Å². The first-order valence-corrected chi connectivity index (χ1v) is 26.2. The number of aromatic hydroxyl groups is 1. The SMILES string of the molecule is Cc1ncsc1-c1ccc(CNC(=O)[C@@H]2C[C@@H](O)CN2C(=O)[C@@H](NC(=O)C2CCC(N3CCC(c4ccnc(N5CCN6c7cc(-c8ccccc8O)nnc7NC[C@H]6C5)n4)CC3)CC2)C(C)(C)C)cc1. The summed E-state index contributed by atoms with van der Waals surface area (Å²) in [6.07, 6.45) is 6.55. The number of carbonyl (C=O) groups is 3. The number of phenolic OH excluding ortho intramolecular Hbond substituents is 1. The normalized spacial score (nSPS) is 23.3. The van der Waals surface area contributed by atoms with E-state index in [0.29, 0.717) is 23.2 Å². The van der Waals surface area contributed by atoms with Gasteiger partial charge in [0, 0.05) is 81.0 Å². The van der Waals surface area contributed by atoms with Gasteiger partial charge in [0.05, 0.1) is 39.6 Å². The number of β-amino-alcohol motifs (C(OH)–C–C–N with tert-alkyl or cyclic N) is 1. The predicted octanol–water partition coefficient (Wildman–Crippen LogP) is 5.74. The molecule has 4 atom stereocenters. The molecule has 5 aromatic rings. The predicted molar refractivity (Wildman–Crippen MR) is 274 cm³/mol. The van der Waals surface area contributed by atoms with Gasteiger partial charge < -0.3 is 45.8 Å². The number of rotatable bonds is 11. The maximum absolute atomic E-state index is 14.3. The van der Waals surface area contributed by atoms with Gasteiger partial charge in [0.2, 0.25) is 23.7 Å². The minimum atomic E-state index is -0.857. The Balaban J connectivity index is 0.692. The van der Waals surface area contributed by atoms with E-state index in [-0.39, 0.29) is 54.9 Å². The first kappa shape index (κ1) is 48.4. The van der Waals surface area contributed by atoms with Gasteiger partial charge in [0.25, 0.3) is 0 Å². The molecule has 7 heterocycles. The molecule has 5 aliphatic rings. The molecule has 1 aliphatic carbocycles. The third kappa shape index (κ3) is 10.4. The average Bonchev–Trinajstić information content (AvgIpc) is 4.01. The Morgan fingerprint density at radius 1 is 0.887 bits per heavy atom. The number of amides is 3. The van der Waals surface area contributed by atoms with E-state index in [1.807, 2.05) is 81.9 Å². The van der Waals surface area contributed by atoms with Crippen LogP contribution in [0.25, 0.3) is 21.7 Å². The fourth-order valence-electron chi connectivity index (χ4n) is 11.3. The number of anilines is 3. The lowest BCUT2D eigenvalue weighted by Gasteiger charge is -2.45. The molecule has 3 saturated heterocycles. The molecule has 2 aromatic carbocycles. The maximum atomic E-state index is 14.3. The van der Waals surface area contributed by atoms with Gasteiger partial charge in [-0.05, 0) is 99.3 Å². The van der Waals surface area contributed by atoms with E-state index in [0.717, 1.165) is 123 Å². The molecule has 0 unspecified atom stereocenters. The number of thiazole rings is 1. The molecule has 71 heavy (non-hydrogen) atoms. The number of benzene rings is 2. The van der Waals surface area contributed by atoms with Crippen molar-refractivity contribution in [2.24, 2.45) is 11.3 Å². The number of aliphatic hydroxyl groups excluding tert-OH is 1. The second-order valence-corrected chi connectivity index (χ2v) is 22.0. The van der Waals surface area contributed by atoms with Crippen LogP contribution in [0.2, 0.25) is 0 Å². The number of aromatic nitrogens is 5. The van der Waals surface area contributed by atoms with Crippen LogP contribution >= 0.6 is 11.3 Å². The number of hydrogen-bond donors (Lipinski definition) is 5. The van der Waals surface area contributed by atoms with Gasteiger partial charge in [0.15, 0.2) is 5.82 Å². The van der Waals surface area contributed by atoms with Crippen molar-refractivity contribution >= 4 is 46.5 Å². The molecule has 0 bridgehead atoms. The molecule has 4 aliphatic heterocycles.